The lowest BCUT2D eigenvalue weighted by molar-refractivity contribution is -0.137. The van der Waals surface area contributed by atoms with Crippen molar-refractivity contribution in [2.24, 2.45) is 5.41 Å². The third kappa shape index (κ3) is 3.01. The fourth-order valence-electron chi connectivity index (χ4n) is 1.73. The van der Waals surface area contributed by atoms with Crippen LogP contribution in [0.25, 0.3) is 0 Å². The third-order valence-corrected chi connectivity index (χ3v) is 2.74. The lowest BCUT2D eigenvalue weighted by Gasteiger charge is -2.38. The van der Waals surface area contributed by atoms with Crippen LogP contribution in [0.5, 0.6) is 0 Å². The first-order valence-electron chi connectivity index (χ1n) is 5.49. The van der Waals surface area contributed by atoms with Gasteiger partial charge in [-0.05, 0) is 0 Å². The molecule has 0 aromatic heterocycles. The average molecular weight is 230 g/mol. The SMILES string of the molecule is COC1CNC(C(=O)C(C)(C)C)C(OC)N1. The predicted octanol–water partition coefficient (Wildman–Crippen LogP) is 0.108. The Balaban J connectivity index is 2.70. The highest BCUT2D eigenvalue weighted by Crippen LogP contribution is 2.20. The van der Waals surface area contributed by atoms with E-state index >= 15 is 0 Å². The molecule has 94 valence electrons. The molecule has 3 unspecified atom stereocenters. The second-order valence-electron chi connectivity index (χ2n) is 5.05. The van der Waals surface area contributed by atoms with Gasteiger partial charge in [-0.15, -0.1) is 0 Å². The second-order valence-corrected chi connectivity index (χ2v) is 5.05. The summed E-state index contributed by atoms with van der Waals surface area (Å²) in [5.74, 6) is 0.140. The Bertz CT molecular complexity index is 250. The molecule has 0 aliphatic carbocycles. The molecule has 5 nitrogen and oxygen atoms in total. The van der Waals surface area contributed by atoms with Crippen LogP contribution in [0.2, 0.25) is 0 Å². The molecular weight excluding hydrogens is 208 g/mol. The normalized spacial score (nSPS) is 31.4. The number of nitrogens with one attached hydrogen (secondary N) is 2. The molecule has 16 heavy (non-hydrogen) atoms. The number of ketones is 1. The van der Waals surface area contributed by atoms with Crippen LogP contribution in [0.15, 0.2) is 0 Å². The van der Waals surface area contributed by atoms with E-state index in [9.17, 15) is 4.79 Å². The Morgan fingerprint density at radius 3 is 2.31 bits per heavy atom. The summed E-state index contributed by atoms with van der Waals surface area (Å²) in [7, 11) is 3.21. The Morgan fingerprint density at radius 1 is 1.25 bits per heavy atom. The molecule has 0 aromatic carbocycles. The van der Waals surface area contributed by atoms with Crippen LogP contribution in [-0.4, -0.2) is 45.0 Å². The quantitative estimate of drug-likeness (QED) is 0.720. The number of carbonyl (C=O) groups excluding carboxylic acids is 1. The van der Waals surface area contributed by atoms with E-state index in [1.54, 1.807) is 14.2 Å². The smallest absolute Gasteiger partial charge is 0.159 e. The van der Waals surface area contributed by atoms with Gasteiger partial charge in [0.2, 0.25) is 0 Å². The zero-order chi connectivity index (χ0) is 12.3. The van der Waals surface area contributed by atoms with Crippen molar-refractivity contribution < 1.29 is 14.3 Å². The molecule has 5 heteroatoms. The number of ether oxygens (including phenoxy) is 2. The van der Waals surface area contributed by atoms with Gasteiger partial charge in [0.1, 0.15) is 18.5 Å². The van der Waals surface area contributed by atoms with Crippen molar-refractivity contribution in [1.29, 1.82) is 0 Å². The molecule has 1 aliphatic heterocycles. The number of hydrogen-bond acceptors (Lipinski definition) is 5. The molecule has 3 atom stereocenters. The Kier molecular flexibility index (Phi) is 4.43. The van der Waals surface area contributed by atoms with E-state index in [0.717, 1.165) is 0 Å². The van der Waals surface area contributed by atoms with E-state index in [1.165, 1.54) is 0 Å². The first-order chi connectivity index (χ1) is 7.40. The minimum absolute atomic E-state index is 0.117. The number of Topliss-reactive ketones (excluding diaryl/α,β-unsaturated/α-hetero) is 1. The summed E-state index contributed by atoms with van der Waals surface area (Å²) < 4.78 is 10.4. The van der Waals surface area contributed by atoms with Gasteiger partial charge in [0.25, 0.3) is 0 Å². The van der Waals surface area contributed by atoms with Gasteiger partial charge in [-0.1, -0.05) is 20.8 Å². The van der Waals surface area contributed by atoms with Gasteiger partial charge in [-0.3, -0.25) is 10.1 Å². The van der Waals surface area contributed by atoms with Gasteiger partial charge in [0.15, 0.2) is 5.78 Å². The van der Waals surface area contributed by atoms with Crippen molar-refractivity contribution >= 4 is 5.78 Å². The maximum atomic E-state index is 12.2. The van der Waals surface area contributed by atoms with Crippen molar-refractivity contribution in [3.63, 3.8) is 0 Å². The van der Waals surface area contributed by atoms with Gasteiger partial charge in [-0.2, -0.15) is 0 Å². The van der Waals surface area contributed by atoms with E-state index in [-0.39, 0.29) is 29.7 Å². The van der Waals surface area contributed by atoms with Crippen LogP contribution >= 0.6 is 0 Å². The summed E-state index contributed by atoms with van der Waals surface area (Å²) in [6.45, 7) is 6.33. The number of methoxy groups -OCH3 is 2. The van der Waals surface area contributed by atoms with Crippen molar-refractivity contribution in [2.45, 2.75) is 39.3 Å². The predicted molar refractivity (Wildman–Crippen MR) is 61.0 cm³/mol. The molecule has 0 bridgehead atoms. The lowest BCUT2D eigenvalue weighted by Crippen LogP contribution is -2.65. The molecular formula is C11H22N2O3. The zero-order valence-electron chi connectivity index (χ0n) is 10.7. The molecule has 1 saturated heterocycles. The molecule has 0 aromatic rings. The minimum atomic E-state index is -0.379. The zero-order valence-corrected chi connectivity index (χ0v) is 10.7. The highest BCUT2D eigenvalue weighted by atomic mass is 16.5. The summed E-state index contributed by atoms with van der Waals surface area (Å²) in [5, 5.41) is 6.29. The Labute approximate surface area is 96.9 Å². The monoisotopic (exact) mass is 230 g/mol. The minimum Gasteiger partial charge on any atom is -0.365 e. The molecule has 0 spiro atoms. The topological polar surface area (TPSA) is 59.6 Å². The Morgan fingerprint density at radius 2 is 1.88 bits per heavy atom. The van der Waals surface area contributed by atoms with E-state index < -0.39 is 0 Å². The van der Waals surface area contributed by atoms with E-state index in [1.807, 2.05) is 20.8 Å². The molecule has 1 heterocycles. The van der Waals surface area contributed by atoms with Crippen LogP contribution in [0, 0.1) is 5.41 Å². The van der Waals surface area contributed by atoms with Gasteiger partial charge in [-0.25, -0.2) is 0 Å². The van der Waals surface area contributed by atoms with Crippen molar-refractivity contribution in [3.05, 3.63) is 0 Å². The lowest BCUT2D eigenvalue weighted by atomic mass is 9.85. The first kappa shape index (κ1) is 13.6. The van der Waals surface area contributed by atoms with Gasteiger partial charge < -0.3 is 14.8 Å². The second kappa shape index (κ2) is 5.23. The van der Waals surface area contributed by atoms with Gasteiger partial charge in [0, 0.05) is 26.2 Å². The summed E-state index contributed by atoms with van der Waals surface area (Å²) in [5.41, 5.74) is -0.379. The van der Waals surface area contributed by atoms with Crippen molar-refractivity contribution in [3.8, 4) is 0 Å². The van der Waals surface area contributed by atoms with Crippen molar-refractivity contribution in [1.82, 2.24) is 10.6 Å². The maximum absolute atomic E-state index is 12.2. The van der Waals surface area contributed by atoms with E-state index in [2.05, 4.69) is 10.6 Å². The number of hydrogen-bond donors (Lipinski definition) is 2. The maximum Gasteiger partial charge on any atom is 0.159 e. The van der Waals surface area contributed by atoms with Crippen LogP contribution < -0.4 is 10.6 Å². The molecule has 0 radical (unpaired) electrons. The third-order valence-electron chi connectivity index (χ3n) is 2.74. The fraction of sp³-hybridized carbons (Fsp3) is 0.909. The first-order valence-corrected chi connectivity index (χ1v) is 5.49. The standard InChI is InChI=1S/C11H22N2O3/c1-11(2,3)9(14)8-10(16-5)13-7(15-4)6-12-8/h7-8,10,12-13H,6H2,1-5H3. The van der Waals surface area contributed by atoms with Crippen LogP contribution in [0.3, 0.4) is 0 Å². The molecule has 0 amide bonds. The van der Waals surface area contributed by atoms with E-state index in [4.69, 9.17) is 9.47 Å². The summed E-state index contributed by atoms with van der Waals surface area (Å²) in [6, 6.07) is -0.323. The average Bonchev–Trinajstić information content (AvgIpc) is 2.26. The Hall–Kier alpha value is -0.490. The highest BCUT2D eigenvalue weighted by molar-refractivity contribution is 5.89. The van der Waals surface area contributed by atoms with Crippen LogP contribution in [0.1, 0.15) is 20.8 Å². The van der Waals surface area contributed by atoms with E-state index in [0.29, 0.717) is 6.54 Å². The fourth-order valence-corrected chi connectivity index (χ4v) is 1.73. The number of carbonyl (C=O) groups is 1. The highest BCUT2D eigenvalue weighted by Gasteiger charge is 2.39. The molecule has 1 aliphatic rings. The van der Waals surface area contributed by atoms with Gasteiger partial charge in [0.05, 0.1) is 0 Å². The molecule has 1 fully saturated rings. The van der Waals surface area contributed by atoms with Crippen LogP contribution in [-0.2, 0) is 14.3 Å². The number of piperazine rings is 1. The van der Waals surface area contributed by atoms with Gasteiger partial charge >= 0.3 is 0 Å². The van der Waals surface area contributed by atoms with Crippen molar-refractivity contribution in [2.75, 3.05) is 20.8 Å². The summed E-state index contributed by atoms with van der Waals surface area (Å²) >= 11 is 0. The summed E-state index contributed by atoms with van der Waals surface area (Å²) in [6.07, 6.45) is -0.459. The molecule has 2 N–H and O–H groups in total. The molecule has 1 rings (SSSR count). The number of rotatable bonds is 3. The summed E-state index contributed by atoms with van der Waals surface area (Å²) in [4.78, 5) is 12.2. The molecule has 0 saturated carbocycles. The van der Waals surface area contributed by atoms with Crippen LogP contribution in [0.4, 0.5) is 0 Å². The largest absolute Gasteiger partial charge is 0.365 e.